The van der Waals surface area contributed by atoms with Crippen LogP contribution >= 0.6 is 7.60 Å². The van der Waals surface area contributed by atoms with Crippen molar-refractivity contribution in [3.05, 3.63) is 42.5 Å². The Morgan fingerprint density at radius 3 is 2.07 bits per heavy atom. The van der Waals surface area contributed by atoms with Crippen molar-refractivity contribution in [1.82, 2.24) is 0 Å². The minimum Gasteiger partial charge on any atom is -0.489 e. The standard InChI is InChI=1S/C24H37O4P/c1-2-3-4-5-6-7-8-9-10-11-17-22(20-29(25,26)27)28-24-19-14-16-21-15-12-13-18-23(21)24/h12-16,18-19,22H,2-11,17,20H2,1H3,(H2,25,26,27). The highest BCUT2D eigenvalue weighted by molar-refractivity contribution is 7.51. The molecule has 2 rings (SSSR count). The number of rotatable bonds is 15. The van der Waals surface area contributed by atoms with Gasteiger partial charge in [-0.1, -0.05) is 101 Å². The van der Waals surface area contributed by atoms with Gasteiger partial charge >= 0.3 is 7.60 Å². The van der Waals surface area contributed by atoms with Gasteiger partial charge in [-0.15, -0.1) is 0 Å². The van der Waals surface area contributed by atoms with Crippen LogP contribution in [0.4, 0.5) is 0 Å². The van der Waals surface area contributed by atoms with E-state index in [-0.39, 0.29) is 6.16 Å². The molecule has 5 heteroatoms. The first-order valence-electron chi connectivity index (χ1n) is 11.2. The van der Waals surface area contributed by atoms with E-state index >= 15 is 0 Å². The molecule has 0 bridgehead atoms. The highest BCUT2D eigenvalue weighted by Crippen LogP contribution is 2.38. The minimum absolute atomic E-state index is 0.229. The summed E-state index contributed by atoms with van der Waals surface area (Å²) in [4.78, 5) is 18.9. The van der Waals surface area contributed by atoms with E-state index in [1.165, 1.54) is 51.4 Å². The van der Waals surface area contributed by atoms with Crippen molar-refractivity contribution in [1.29, 1.82) is 0 Å². The Bertz CT molecular complexity index is 750. The SMILES string of the molecule is CCCCCCCCCCCCC(CP(=O)(O)O)Oc1cccc2ccccc12. The predicted octanol–water partition coefficient (Wildman–Crippen LogP) is 7.08. The van der Waals surface area contributed by atoms with Crippen molar-refractivity contribution in [3.63, 3.8) is 0 Å². The summed E-state index contributed by atoms with van der Waals surface area (Å²) < 4.78 is 17.7. The number of ether oxygens (including phenoxy) is 1. The van der Waals surface area contributed by atoms with Crippen molar-refractivity contribution in [2.24, 2.45) is 0 Å². The van der Waals surface area contributed by atoms with Gasteiger partial charge in [0.2, 0.25) is 0 Å². The van der Waals surface area contributed by atoms with Gasteiger partial charge in [0, 0.05) is 5.39 Å². The fourth-order valence-corrected chi connectivity index (χ4v) is 4.58. The molecule has 1 unspecified atom stereocenters. The van der Waals surface area contributed by atoms with Crippen molar-refractivity contribution < 1.29 is 19.1 Å². The first kappa shape index (κ1) is 23.9. The van der Waals surface area contributed by atoms with Crippen molar-refractivity contribution in [2.45, 2.75) is 83.7 Å². The van der Waals surface area contributed by atoms with Crippen LogP contribution in [-0.2, 0) is 4.57 Å². The van der Waals surface area contributed by atoms with E-state index < -0.39 is 13.7 Å². The Morgan fingerprint density at radius 1 is 0.828 bits per heavy atom. The van der Waals surface area contributed by atoms with Crippen LogP contribution in [0.5, 0.6) is 5.75 Å². The maximum absolute atomic E-state index is 11.6. The maximum Gasteiger partial charge on any atom is 0.329 e. The normalized spacial score (nSPS) is 12.9. The molecule has 0 radical (unpaired) electrons. The van der Waals surface area contributed by atoms with Crippen LogP contribution in [0.3, 0.4) is 0 Å². The fraction of sp³-hybridized carbons (Fsp3) is 0.583. The topological polar surface area (TPSA) is 66.8 Å². The first-order chi connectivity index (χ1) is 14.0. The van der Waals surface area contributed by atoms with E-state index in [0.717, 1.165) is 23.6 Å². The lowest BCUT2D eigenvalue weighted by Crippen LogP contribution is -2.21. The summed E-state index contributed by atoms with van der Waals surface area (Å²) in [6.45, 7) is 2.24. The van der Waals surface area contributed by atoms with Crippen molar-refractivity contribution in [3.8, 4) is 5.75 Å². The second-order valence-electron chi connectivity index (χ2n) is 8.04. The molecule has 0 aliphatic carbocycles. The molecule has 0 aliphatic heterocycles. The van der Waals surface area contributed by atoms with Crippen molar-refractivity contribution >= 4 is 18.4 Å². The zero-order valence-electron chi connectivity index (χ0n) is 17.8. The van der Waals surface area contributed by atoms with Gasteiger partial charge in [0.1, 0.15) is 11.9 Å². The molecule has 2 aromatic carbocycles. The lowest BCUT2D eigenvalue weighted by molar-refractivity contribution is 0.202. The molecule has 0 spiro atoms. The molecular formula is C24H37O4P. The van der Waals surface area contributed by atoms with Crippen LogP contribution in [0.2, 0.25) is 0 Å². The number of fused-ring (bicyclic) bond motifs is 1. The lowest BCUT2D eigenvalue weighted by Gasteiger charge is -2.21. The highest BCUT2D eigenvalue weighted by atomic mass is 31.2. The molecule has 29 heavy (non-hydrogen) atoms. The van der Waals surface area contributed by atoms with Crippen LogP contribution in [0, 0.1) is 0 Å². The molecule has 4 nitrogen and oxygen atoms in total. The van der Waals surface area contributed by atoms with E-state index in [1.54, 1.807) is 0 Å². The highest BCUT2D eigenvalue weighted by Gasteiger charge is 2.23. The molecule has 0 aromatic heterocycles. The van der Waals surface area contributed by atoms with E-state index in [4.69, 9.17) is 4.74 Å². The second-order valence-corrected chi connectivity index (χ2v) is 9.73. The molecule has 0 saturated carbocycles. The summed E-state index contributed by atoms with van der Waals surface area (Å²) in [6.07, 6.45) is 12.4. The Kier molecular flexibility index (Phi) is 10.8. The smallest absolute Gasteiger partial charge is 0.329 e. The van der Waals surface area contributed by atoms with Gasteiger partial charge in [0.25, 0.3) is 0 Å². The third kappa shape index (κ3) is 9.80. The molecule has 0 fully saturated rings. The summed E-state index contributed by atoms with van der Waals surface area (Å²) in [5.74, 6) is 0.702. The molecule has 162 valence electrons. The third-order valence-corrected chi connectivity index (χ3v) is 6.25. The largest absolute Gasteiger partial charge is 0.489 e. The number of hydrogen-bond donors (Lipinski definition) is 2. The van der Waals surface area contributed by atoms with E-state index in [9.17, 15) is 14.4 Å². The number of benzene rings is 2. The number of unbranched alkanes of at least 4 members (excludes halogenated alkanes) is 9. The quantitative estimate of drug-likeness (QED) is 0.239. The van der Waals surface area contributed by atoms with Gasteiger partial charge in [-0.25, -0.2) is 0 Å². The maximum atomic E-state index is 11.6. The summed E-state index contributed by atoms with van der Waals surface area (Å²) in [7, 11) is -4.12. The summed E-state index contributed by atoms with van der Waals surface area (Å²) >= 11 is 0. The van der Waals surface area contributed by atoms with E-state index in [1.807, 2.05) is 42.5 Å². The van der Waals surface area contributed by atoms with Crippen molar-refractivity contribution in [2.75, 3.05) is 6.16 Å². The second kappa shape index (κ2) is 13.1. The molecule has 0 saturated heterocycles. The molecule has 1 atom stereocenters. The molecule has 0 aliphatic rings. The van der Waals surface area contributed by atoms with E-state index in [0.29, 0.717) is 12.2 Å². The fourth-order valence-electron chi connectivity index (χ4n) is 3.79. The van der Waals surface area contributed by atoms with Gasteiger partial charge in [-0.05, 0) is 24.3 Å². The van der Waals surface area contributed by atoms with Gasteiger partial charge in [0.15, 0.2) is 0 Å². The van der Waals surface area contributed by atoms with Gasteiger partial charge in [-0.3, -0.25) is 4.57 Å². The van der Waals surface area contributed by atoms with Crippen LogP contribution in [0.15, 0.2) is 42.5 Å². The average molecular weight is 421 g/mol. The van der Waals surface area contributed by atoms with Crippen LogP contribution in [0.25, 0.3) is 10.8 Å². The van der Waals surface area contributed by atoms with Crippen LogP contribution < -0.4 is 4.74 Å². The summed E-state index contributed by atoms with van der Waals surface area (Å²) in [5.41, 5.74) is 0. The molecule has 0 heterocycles. The summed E-state index contributed by atoms with van der Waals surface area (Å²) in [6, 6.07) is 13.8. The first-order valence-corrected chi connectivity index (χ1v) is 13.0. The third-order valence-electron chi connectivity index (χ3n) is 5.36. The predicted molar refractivity (Wildman–Crippen MR) is 122 cm³/mol. The van der Waals surface area contributed by atoms with Crippen LogP contribution in [-0.4, -0.2) is 22.1 Å². The Labute approximate surface area is 175 Å². The lowest BCUT2D eigenvalue weighted by atomic mass is 10.0. The Morgan fingerprint density at radius 2 is 1.41 bits per heavy atom. The zero-order chi connectivity index (χ0) is 21.0. The van der Waals surface area contributed by atoms with Gasteiger partial charge < -0.3 is 14.5 Å². The monoisotopic (exact) mass is 420 g/mol. The Hall–Kier alpha value is -1.35. The van der Waals surface area contributed by atoms with Gasteiger partial charge in [-0.2, -0.15) is 0 Å². The van der Waals surface area contributed by atoms with E-state index in [2.05, 4.69) is 6.92 Å². The number of hydrogen-bond acceptors (Lipinski definition) is 2. The summed E-state index contributed by atoms with van der Waals surface area (Å²) in [5, 5.41) is 2.05. The Balaban J connectivity index is 1.79. The van der Waals surface area contributed by atoms with Gasteiger partial charge in [0.05, 0.1) is 6.16 Å². The van der Waals surface area contributed by atoms with Crippen LogP contribution in [0.1, 0.15) is 77.6 Å². The molecule has 2 aromatic rings. The average Bonchev–Trinajstić information content (AvgIpc) is 2.68. The minimum atomic E-state index is -4.12. The molecule has 2 N–H and O–H groups in total. The molecule has 0 amide bonds. The molecular weight excluding hydrogens is 383 g/mol. The zero-order valence-corrected chi connectivity index (χ0v) is 18.7.